The Morgan fingerprint density at radius 1 is 1.33 bits per heavy atom. The molecule has 0 bridgehead atoms. The molecular formula is C13H14O4S. The second-order valence-electron chi connectivity index (χ2n) is 3.70. The van der Waals surface area contributed by atoms with Gasteiger partial charge in [-0.1, -0.05) is 24.1 Å². The summed E-state index contributed by atoms with van der Waals surface area (Å²) in [5.74, 6) is 4.24. The summed E-state index contributed by atoms with van der Waals surface area (Å²) in [5, 5.41) is 0. The Balaban J connectivity index is 2.99. The Morgan fingerprint density at radius 2 is 2.00 bits per heavy atom. The summed E-state index contributed by atoms with van der Waals surface area (Å²) in [7, 11) is -3.13. The standard InChI is InChI=1S/C13H14O4S/c1-3-17-13(14)9-8-11-6-4-5-7-12(11)10-18(2,15)16/h4-7H,3,10H2,1-2H3. The van der Waals surface area contributed by atoms with Crippen molar-refractivity contribution >= 4 is 15.8 Å². The van der Waals surface area contributed by atoms with Gasteiger partial charge < -0.3 is 4.74 Å². The van der Waals surface area contributed by atoms with Gasteiger partial charge >= 0.3 is 5.97 Å². The third kappa shape index (κ3) is 5.02. The molecule has 96 valence electrons. The number of sulfone groups is 1. The van der Waals surface area contributed by atoms with E-state index in [4.69, 9.17) is 0 Å². The minimum absolute atomic E-state index is 0.0965. The molecule has 18 heavy (non-hydrogen) atoms. The number of rotatable bonds is 3. The maximum Gasteiger partial charge on any atom is 0.384 e. The van der Waals surface area contributed by atoms with Crippen molar-refractivity contribution in [3.05, 3.63) is 35.4 Å². The lowest BCUT2D eigenvalue weighted by Gasteiger charge is -2.02. The predicted molar refractivity (Wildman–Crippen MR) is 68.5 cm³/mol. The van der Waals surface area contributed by atoms with E-state index in [-0.39, 0.29) is 12.4 Å². The van der Waals surface area contributed by atoms with Gasteiger partial charge in [0.05, 0.1) is 12.4 Å². The van der Waals surface area contributed by atoms with Crippen LogP contribution in [0.5, 0.6) is 0 Å². The number of ether oxygens (including phenoxy) is 1. The first-order chi connectivity index (χ1) is 8.42. The predicted octanol–water partition coefficient (Wildman–Crippen LogP) is 1.15. The van der Waals surface area contributed by atoms with Crippen LogP contribution in [0.4, 0.5) is 0 Å². The maximum absolute atomic E-state index is 11.3. The Hall–Kier alpha value is -1.80. The molecule has 0 heterocycles. The average molecular weight is 266 g/mol. The van der Waals surface area contributed by atoms with Crippen molar-refractivity contribution in [2.75, 3.05) is 12.9 Å². The van der Waals surface area contributed by atoms with Gasteiger partial charge in [0.25, 0.3) is 0 Å². The first-order valence-electron chi connectivity index (χ1n) is 5.37. The van der Waals surface area contributed by atoms with Crippen LogP contribution in [0.15, 0.2) is 24.3 Å². The van der Waals surface area contributed by atoms with Crippen molar-refractivity contribution in [1.82, 2.24) is 0 Å². The topological polar surface area (TPSA) is 60.4 Å². The molecule has 0 spiro atoms. The molecular weight excluding hydrogens is 252 g/mol. The molecule has 0 atom stereocenters. The van der Waals surface area contributed by atoms with E-state index in [1.807, 2.05) is 0 Å². The van der Waals surface area contributed by atoms with E-state index < -0.39 is 15.8 Å². The molecule has 0 aliphatic rings. The summed E-state index contributed by atoms with van der Waals surface area (Å²) in [6, 6.07) is 6.82. The molecule has 0 aromatic heterocycles. The van der Waals surface area contributed by atoms with Crippen molar-refractivity contribution in [3.63, 3.8) is 0 Å². The molecule has 0 radical (unpaired) electrons. The summed E-state index contributed by atoms with van der Waals surface area (Å²) < 4.78 is 27.2. The largest absolute Gasteiger partial charge is 0.456 e. The molecule has 4 nitrogen and oxygen atoms in total. The SMILES string of the molecule is CCOC(=O)C#Cc1ccccc1CS(C)(=O)=O. The first-order valence-corrected chi connectivity index (χ1v) is 7.43. The fourth-order valence-electron chi connectivity index (χ4n) is 1.34. The quantitative estimate of drug-likeness (QED) is 0.608. The number of benzene rings is 1. The molecule has 0 amide bonds. The van der Waals surface area contributed by atoms with Crippen LogP contribution in [0.2, 0.25) is 0 Å². The first kappa shape index (κ1) is 14.3. The van der Waals surface area contributed by atoms with Crippen LogP contribution >= 0.6 is 0 Å². The Bertz CT molecular complexity index is 591. The molecule has 0 saturated carbocycles. The summed E-state index contributed by atoms with van der Waals surface area (Å²) >= 11 is 0. The number of esters is 1. The highest BCUT2D eigenvalue weighted by Gasteiger charge is 2.07. The zero-order valence-electron chi connectivity index (χ0n) is 10.3. The van der Waals surface area contributed by atoms with Crippen molar-refractivity contribution in [3.8, 4) is 11.8 Å². The molecule has 0 aliphatic carbocycles. The monoisotopic (exact) mass is 266 g/mol. The zero-order chi connectivity index (χ0) is 13.6. The minimum atomic E-state index is -3.13. The third-order valence-electron chi connectivity index (χ3n) is 2.01. The number of hydrogen-bond acceptors (Lipinski definition) is 4. The van der Waals surface area contributed by atoms with E-state index >= 15 is 0 Å². The lowest BCUT2D eigenvalue weighted by Crippen LogP contribution is -2.03. The fraction of sp³-hybridized carbons (Fsp3) is 0.308. The maximum atomic E-state index is 11.3. The van der Waals surface area contributed by atoms with Crippen molar-refractivity contribution < 1.29 is 17.9 Å². The lowest BCUT2D eigenvalue weighted by molar-refractivity contribution is -0.136. The third-order valence-corrected chi connectivity index (χ3v) is 2.85. The van der Waals surface area contributed by atoms with Gasteiger partial charge in [0.1, 0.15) is 0 Å². The van der Waals surface area contributed by atoms with Crippen LogP contribution in [0.25, 0.3) is 0 Å². The van der Waals surface area contributed by atoms with Gasteiger partial charge in [0.15, 0.2) is 9.84 Å². The molecule has 0 unspecified atom stereocenters. The van der Waals surface area contributed by atoms with Crippen LogP contribution in [-0.4, -0.2) is 27.2 Å². The van der Waals surface area contributed by atoms with Crippen LogP contribution in [-0.2, 0) is 25.1 Å². The van der Waals surface area contributed by atoms with E-state index in [0.29, 0.717) is 11.1 Å². The van der Waals surface area contributed by atoms with Gasteiger partial charge in [0, 0.05) is 17.7 Å². The van der Waals surface area contributed by atoms with Gasteiger partial charge in [-0.05, 0) is 18.6 Å². The highest BCUT2D eigenvalue weighted by molar-refractivity contribution is 7.89. The average Bonchev–Trinajstić information content (AvgIpc) is 2.26. The van der Waals surface area contributed by atoms with Crippen LogP contribution in [0.3, 0.4) is 0 Å². The Kier molecular flexibility index (Phi) is 4.93. The van der Waals surface area contributed by atoms with Crippen molar-refractivity contribution in [2.45, 2.75) is 12.7 Å². The fourth-order valence-corrected chi connectivity index (χ4v) is 2.15. The molecule has 0 fully saturated rings. The summed E-state index contributed by atoms with van der Waals surface area (Å²) in [6.45, 7) is 1.95. The molecule has 0 aliphatic heterocycles. The minimum Gasteiger partial charge on any atom is -0.456 e. The van der Waals surface area contributed by atoms with Crippen molar-refractivity contribution in [2.24, 2.45) is 0 Å². The zero-order valence-corrected chi connectivity index (χ0v) is 11.1. The number of carbonyl (C=O) groups excluding carboxylic acids is 1. The van der Waals surface area contributed by atoms with E-state index in [1.165, 1.54) is 0 Å². The second-order valence-corrected chi connectivity index (χ2v) is 5.84. The molecule has 0 saturated heterocycles. The van der Waals surface area contributed by atoms with E-state index in [2.05, 4.69) is 16.6 Å². The Morgan fingerprint density at radius 3 is 2.61 bits per heavy atom. The van der Waals surface area contributed by atoms with Gasteiger partial charge in [-0.25, -0.2) is 13.2 Å². The lowest BCUT2D eigenvalue weighted by atomic mass is 10.1. The number of hydrogen-bond donors (Lipinski definition) is 0. The van der Waals surface area contributed by atoms with Crippen LogP contribution in [0.1, 0.15) is 18.1 Å². The second kappa shape index (κ2) is 6.22. The number of carbonyl (C=O) groups is 1. The summed E-state index contributed by atoms with van der Waals surface area (Å²) in [6.07, 6.45) is 1.16. The van der Waals surface area contributed by atoms with Gasteiger partial charge in [-0.15, -0.1) is 0 Å². The van der Waals surface area contributed by atoms with Crippen molar-refractivity contribution in [1.29, 1.82) is 0 Å². The summed E-state index contributed by atoms with van der Waals surface area (Å²) in [5.41, 5.74) is 1.10. The molecule has 1 aromatic carbocycles. The normalized spacial score (nSPS) is 10.3. The van der Waals surface area contributed by atoms with Gasteiger partial charge in [0.2, 0.25) is 0 Å². The highest BCUT2D eigenvalue weighted by atomic mass is 32.2. The smallest absolute Gasteiger partial charge is 0.384 e. The molecule has 1 rings (SSSR count). The van der Waals surface area contributed by atoms with Gasteiger partial charge in [-0.2, -0.15) is 0 Å². The van der Waals surface area contributed by atoms with Gasteiger partial charge in [-0.3, -0.25) is 0 Å². The molecule has 1 aromatic rings. The molecule has 5 heteroatoms. The van der Waals surface area contributed by atoms with Crippen LogP contribution in [0, 0.1) is 11.8 Å². The molecule has 0 N–H and O–H groups in total. The van der Waals surface area contributed by atoms with E-state index in [0.717, 1.165) is 6.26 Å². The summed E-state index contributed by atoms with van der Waals surface area (Å²) in [4.78, 5) is 11.1. The van der Waals surface area contributed by atoms with E-state index in [1.54, 1.807) is 31.2 Å². The van der Waals surface area contributed by atoms with E-state index in [9.17, 15) is 13.2 Å². The Labute approximate surface area is 107 Å². The highest BCUT2D eigenvalue weighted by Crippen LogP contribution is 2.10. The van der Waals surface area contributed by atoms with Crippen LogP contribution < -0.4 is 0 Å².